The van der Waals surface area contributed by atoms with Crippen molar-refractivity contribution in [2.24, 2.45) is 0 Å². The first-order chi connectivity index (χ1) is 12.4. The first-order valence-corrected chi connectivity index (χ1v) is 8.80. The molecule has 0 radical (unpaired) electrons. The lowest BCUT2D eigenvalue weighted by molar-refractivity contribution is -0.131. The number of hydrogen-bond donors (Lipinski definition) is 2. The van der Waals surface area contributed by atoms with Crippen LogP contribution in [0.15, 0.2) is 65.8 Å². The first-order valence-electron chi connectivity index (χ1n) is 7.31. The van der Waals surface area contributed by atoms with Crippen molar-refractivity contribution < 1.29 is 18.3 Å². The zero-order valence-electron chi connectivity index (χ0n) is 13.2. The maximum Gasteiger partial charge on any atom is 0.328 e. The quantitative estimate of drug-likeness (QED) is 0.629. The zero-order valence-corrected chi connectivity index (χ0v) is 14.0. The predicted molar refractivity (Wildman–Crippen MR) is 93.1 cm³/mol. The van der Waals surface area contributed by atoms with Crippen molar-refractivity contribution in [1.82, 2.24) is 20.2 Å². The van der Waals surface area contributed by atoms with Crippen molar-refractivity contribution in [3.05, 3.63) is 66.5 Å². The van der Waals surface area contributed by atoms with Gasteiger partial charge in [0.1, 0.15) is 6.33 Å². The van der Waals surface area contributed by atoms with E-state index in [0.717, 1.165) is 6.08 Å². The van der Waals surface area contributed by atoms with E-state index in [2.05, 4.69) is 20.2 Å². The van der Waals surface area contributed by atoms with Gasteiger partial charge in [0.25, 0.3) is 10.0 Å². The van der Waals surface area contributed by atoms with E-state index in [0.29, 0.717) is 16.9 Å². The van der Waals surface area contributed by atoms with E-state index in [9.17, 15) is 13.2 Å². The summed E-state index contributed by atoms with van der Waals surface area (Å²) < 4.78 is 28.8. The van der Waals surface area contributed by atoms with Gasteiger partial charge in [-0.05, 0) is 58.5 Å². The summed E-state index contributed by atoms with van der Waals surface area (Å²) in [5, 5.41) is 19.4. The van der Waals surface area contributed by atoms with E-state index in [1.54, 1.807) is 24.3 Å². The Balaban J connectivity index is 1.75. The molecule has 3 rings (SSSR count). The lowest BCUT2D eigenvalue weighted by atomic mass is 10.2. The monoisotopic (exact) mass is 371 g/mol. The number of rotatable bonds is 6. The van der Waals surface area contributed by atoms with Crippen LogP contribution in [0.4, 0.5) is 5.69 Å². The van der Waals surface area contributed by atoms with Gasteiger partial charge in [-0.1, -0.05) is 12.1 Å². The molecule has 1 aromatic heterocycles. The normalized spacial score (nSPS) is 11.5. The van der Waals surface area contributed by atoms with Crippen molar-refractivity contribution in [2.45, 2.75) is 4.90 Å². The van der Waals surface area contributed by atoms with Gasteiger partial charge in [-0.2, -0.15) is 0 Å². The van der Waals surface area contributed by atoms with Crippen LogP contribution in [0.3, 0.4) is 0 Å². The molecule has 0 fully saturated rings. The van der Waals surface area contributed by atoms with Gasteiger partial charge >= 0.3 is 5.97 Å². The van der Waals surface area contributed by atoms with Gasteiger partial charge in [-0.15, -0.1) is 5.10 Å². The summed E-state index contributed by atoms with van der Waals surface area (Å²) in [7, 11) is -3.77. The smallest absolute Gasteiger partial charge is 0.328 e. The fourth-order valence-electron chi connectivity index (χ4n) is 2.10. The molecular formula is C16H13N5O4S. The number of carboxylic acid groups (broad SMARTS) is 1. The minimum Gasteiger partial charge on any atom is -0.478 e. The third kappa shape index (κ3) is 4.11. The zero-order chi connectivity index (χ0) is 18.6. The van der Waals surface area contributed by atoms with Crippen LogP contribution in [0.5, 0.6) is 0 Å². The number of benzene rings is 2. The number of nitrogens with one attached hydrogen (secondary N) is 1. The lowest BCUT2D eigenvalue weighted by Gasteiger charge is -2.09. The first kappa shape index (κ1) is 17.3. The van der Waals surface area contributed by atoms with Crippen LogP contribution >= 0.6 is 0 Å². The van der Waals surface area contributed by atoms with Gasteiger partial charge < -0.3 is 5.11 Å². The summed E-state index contributed by atoms with van der Waals surface area (Å²) in [6.07, 6.45) is 3.79. The van der Waals surface area contributed by atoms with Crippen molar-refractivity contribution >= 4 is 27.8 Å². The number of carboxylic acids is 1. The molecule has 0 bridgehead atoms. The third-order valence-electron chi connectivity index (χ3n) is 3.34. The Bertz CT molecular complexity index is 1030. The molecule has 0 atom stereocenters. The number of carbonyl (C=O) groups is 1. The SMILES string of the molecule is O=C(O)/C=C/c1ccc(S(=O)(=O)Nc2ccc(-n3cnnn3)cc2)cc1. The highest BCUT2D eigenvalue weighted by Crippen LogP contribution is 2.18. The van der Waals surface area contributed by atoms with Crippen molar-refractivity contribution in [2.75, 3.05) is 4.72 Å². The number of anilines is 1. The van der Waals surface area contributed by atoms with Gasteiger partial charge in [-0.3, -0.25) is 4.72 Å². The van der Waals surface area contributed by atoms with E-state index in [4.69, 9.17) is 5.11 Å². The fourth-order valence-corrected chi connectivity index (χ4v) is 3.16. The molecule has 132 valence electrons. The molecule has 3 aromatic rings. The highest BCUT2D eigenvalue weighted by Gasteiger charge is 2.14. The summed E-state index contributed by atoms with van der Waals surface area (Å²) in [4.78, 5) is 10.6. The topological polar surface area (TPSA) is 127 Å². The molecule has 10 heteroatoms. The number of sulfonamides is 1. The van der Waals surface area contributed by atoms with Crippen LogP contribution in [-0.4, -0.2) is 39.7 Å². The molecule has 2 aromatic carbocycles. The molecule has 0 spiro atoms. The van der Waals surface area contributed by atoms with Crippen LogP contribution in [0.1, 0.15) is 5.56 Å². The van der Waals surface area contributed by atoms with Crippen molar-refractivity contribution in [3.8, 4) is 5.69 Å². The predicted octanol–water partition coefficient (Wildman–Crippen LogP) is 1.56. The molecule has 9 nitrogen and oxygen atoms in total. The Morgan fingerprint density at radius 2 is 1.77 bits per heavy atom. The largest absolute Gasteiger partial charge is 0.478 e. The molecular weight excluding hydrogens is 358 g/mol. The van der Waals surface area contributed by atoms with Crippen LogP contribution in [0.25, 0.3) is 11.8 Å². The highest BCUT2D eigenvalue weighted by atomic mass is 32.2. The van der Waals surface area contributed by atoms with Crippen molar-refractivity contribution in [1.29, 1.82) is 0 Å². The number of nitrogens with zero attached hydrogens (tertiary/aromatic N) is 4. The second-order valence-electron chi connectivity index (χ2n) is 5.15. The number of aromatic nitrogens is 4. The Hall–Kier alpha value is -3.53. The maximum atomic E-state index is 12.4. The summed E-state index contributed by atoms with van der Waals surface area (Å²) in [6.45, 7) is 0. The molecule has 0 aliphatic carbocycles. The molecule has 0 saturated heterocycles. The lowest BCUT2D eigenvalue weighted by Crippen LogP contribution is -2.12. The minimum atomic E-state index is -3.77. The second-order valence-corrected chi connectivity index (χ2v) is 6.83. The van der Waals surface area contributed by atoms with E-state index in [-0.39, 0.29) is 4.90 Å². The summed E-state index contributed by atoms with van der Waals surface area (Å²) in [5.41, 5.74) is 1.65. The van der Waals surface area contributed by atoms with Crippen LogP contribution in [0.2, 0.25) is 0 Å². The van der Waals surface area contributed by atoms with Crippen LogP contribution < -0.4 is 4.72 Å². The van der Waals surface area contributed by atoms with Crippen LogP contribution in [-0.2, 0) is 14.8 Å². The Morgan fingerprint density at radius 1 is 1.08 bits per heavy atom. The molecule has 0 saturated carbocycles. The van der Waals surface area contributed by atoms with Gasteiger partial charge in [0, 0.05) is 11.8 Å². The summed E-state index contributed by atoms with van der Waals surface area (Å²) in [5.74, 6) is -1.08. The Kier molecular flexibility index (Phi) is 4.76. The number of hydrogen-bond acceptors (Lipinski definition) is 6. The minimum absolute atomic E-state index is 0.0644. The highest BCUT2D eigenvalue weighted by molar-refractivity contribution is 7.92. The van der Waals surface area contributed by atoms with E-state index >= 15 is 0 Å². The standard InChI is InChI=1S/C16H13N5O4S/c22-16(23)10-3-12-1-8-15(9-2-12)26(24,25)18-13-4-6-14(7-5-13)21-11-17-19-20-21/h1-11,18H,(H,22,23)/b10-3+. The Morgan fingerprint density at radius 3 is 2.35 bits per heavy atom. The molecule has 0 unspecified atom stereocenters. The number of tetrazole rings is 1. The second kappa shape index (κ2) is 7.15. The average molecular weight is 371 g/mol. The van der Waals surface area contributed by atoms with Gasteiger partial charge in [0.2, 0.25) is 0 Å². The molecule has 0 aliphatic heterocycles. The maximum absolute atomic E-state index is 12.4. The Labute approximate surface area is 148 Å². The summed E-state index contributed by atoms with van der Waals surface area (Å²) in [6, 6.07) is 12.4. The molecule has 0 amide bonds. The van der Waals surface area contributed by atoms with Crippen LogP contribution in [0, 0.1) is 0 Å². The molecule has 1 heterocycles. The van der Waals surface area contributed by atoms with Gasteiger partial charge in [-0.25, -0.2) is 17.9 Å². The van der Waals surface area contributed by atoms with E-state index < -0.39 is 16.0 Å². The molecule has 0 aliphatic rings. The molecule has 26 heavy (non-hydrogen) atoms. The fraction of sp³-hybridized carbons (Fsp3) is 0. The number of aliphatic carboxylic acids is 1. The van der Waals surface area contributed by atoms with Gasteiger partial charge in [0.15, 0.2) is 0 Å². The van der Waals surface area contributed by atoms with E-state index in [1.807, 2.05) is 0 Å². The molecule has 2 N–H and O–H groups in total. The van der Waals surface area contributed by atoms with E-state index in [1.165, 1.54) is 41.4 Å². The summed E-state index contributed by atoms with van der Waals surface area (Å²) >= 11 is 0. The van der Waals surface area contributed by atoms with Crippen molar-refractivity contribution in [3.63, 3.8) is 0 Å². The average Bonchev–Trinajstić information content (AvgIpc) is 3.15. The van der Waals surface area contributed by atoms with Gasteiger partial charge in [0.05, 0.1) is 10.6 Å². The third-order valence-corrected chi connectivity index (χ3v) is 4.74.